The van der Waals surface area contributed by atoms with E-state index >= 15 is 0 Å². The molecule has 3 N–H and O–H groups in total. The zero-order valence-electron chi connectivity index (χ0n) is 21.4. The SMILES string of the molecule is CCC[C@H](C)Nc1ncc2c(C3CCN(C(=O)C4CCCN4)CC3)cn(C3CCC(O)CC3)c2n1. The Morgan fingerprint density at radius 2 is 1.97 bits per heavy atom. The first-order chi connectivity index (χ1) is 17.0. The number of hydrogen-bond acceptors (Lipinski definition) is 6. The summed E-state index contributed by atoms with van der Waals surface area (Å²) in [6.07, 6.45) is 14.0. The number of aromatic nitrogens is 3. The van der Waals surface area contributed by atoms with Crippen LogP contribution in [0.3, 0.4) is 0 Å². The molecule has 4 heterocycles. The van der Waals surface area contributed by atoms with Crippen LogP contribution in [0.4, 0.5) is 5.95 Å². The molecule has 1 aliphatic carbocycles. The number of piperidine rings is 1. The molecule has 2 atom stereocenters. The molecule has 2 aromatic heterocycles. The summed E-state index contributed by atoms with van der Waals surface area (Å²) in [5.74, 6) is 1.39. The van der Waals surface area contributed by atoms with Gasteiger partial charge in [0.25, 0.3) is 0 Å². The lowest BCUT2D eigenvalue weighted by Crippen LogP contribution is -2.46. The summed E-state index contributed by atoms with van der Waals surface area (Å²) in [7, 11) is 0. The first-order valence-corrected chi connectivity index (χ1v) is 13.9. The van der Waals surface area contributed by atoms with Crippen molar-refractivity contribution in [2.75, 3.05) is 25.0 Å². The van der Waals surface area contributed by atoms with Gasteiger partial charge in [-0.05, 0) is 82.7 Å². The fraction of sp³-hybridized carbons (Fsp3) is 0.741. The molecule has 2 aliphatic heterocycles. The van der Waals surface area contributed by atoms with Crippen molar-refractivity contribution in [3.63, 3.8) is 0 Å². The molecular formula is C27H42N6O2. The topological polar surface area (TPSA) is 95.3 Å². The highest BCUT2D eigenvalue weighted by Crippen LogP contribution is 2.38. The van der Waals surface area contributed by atoms with E-state index in [2.05, 4.69) is 40.1 Å². The molecule has 192 valence electrons. The number of hydrogen-bond donors (Lipinski definition) is 3. The van der Waals surface area contributed by atoms with E-state index in [9.17, 15) is 9.90 Å². The molecule has 2 aromatic rings. The van der Waals surface area contributed by atoms with Gasteiger partial charge >= 0.3 is 0 Å². The van der Waals surface area contributed by atoms with Gasteiger partial charge in [-0.15, -0.1) is 0 Å². The number of fused-ring (bicyclic) bond motifs is 1. The van der Waals surface area contributed by atoms with Crippen LogP contribution in [0, 0.1) is 0 Å². The van der Waals surface area contributed by atoms with E-state index in [1.165, 1.54) is 5.56 Å². The van der Waals surface area contributed by atoms with Crippen molar-refractivity contribution in [1.82, 2.24) is 24.8 Å². The molecule has 0 bridgehead atoms. The Hall–Kier alpha value is -2.19. The molecule has 8 heteroatoms. The number of carbonyl (C=O) groups is 1. The van der Waals surface area contributed by atoms with E-state index in [1.807, 2.05) is 6.20 Å². The molecule has 35 heavy (non-hydrogen) atoms. The van der Waals surface area contributed by atoms with Crippen LogP contribution in [0.1, 0.15) is 95.6 Å². The largest absolute Gasteiger partial charge is 0.393 e. The average Bonchev–Trinajstić information content (AvgIpc) is 3.53. The van der Waals surface area contributed by atoms with Crippen LogP contribution in [0.2, 0.25) is 0 Å². The standard InChI is InChI=1S/C27H42N6O2/c1-3-5-18(2)30-27-29-16-22-23(17-33(25(22)31-27)20-7-9-21(34)10-8-20)19-11-14-32(15-12-19)26(35)24-6-4-13-28-24/h16-21,24,28,34H,3-15H2,1-2H3,(H,29,30,31)/t18-,20?,21?,24?/m0/s1. The summed E-state index contributed by atoms with van der Waals surface area (Å²) in [5, 5.41) is 18.0. The van der Waals surface area contributed by atoms with Gasteiger partial charge < -0.3 is 25.2 Å². The highest BCUT2D eigenvalue weighted by atomic mass is 16.3. The number of carbonyl (C=O) groups excluding carboxylic acids is 1. The van der Waals surface area contributed by atoms with E-state index in [0.29, 0.717) is 23.9 Å². The molecule has 8 nitrogen and oxygen atoms in total. The molecule has 5 rings (SSSR count). The van der Waals surface area contributed by atoms with Crippen LogP contribution in [-0.4, -0.2) is 68.3 Å². The highest BCUT2D eigenvalue weighted by Gasteiger charge is 2.32. The molecule has 0 aromatic carbocycles. The van der Waals surface area contributed by atoms with Crippen molar-refractivity contribution in [2.45, 2.75) is 108 Å². The Morgan fingerprint density at radius 3 is 2.66 bits per heavy atom. The first-order valence-electron chi connectivity index (χ1n) is 13.9. The Balaban J connectivity index is 1.38. The van der Waals surface area contributed by atoms with E-state index in [-0.39, 0.29) is 18.1 Å². The Bertz CT molecular complexity index is 1000. The van der Waals surface area contributed by atoms with Gasteiger partial charge in [0, 0.05) is 43.0 Å². The van der Waals surface area contributed by atoms with Crippen molar-refractivity contribution in [2.24, 2.45) is 0 Å². The Labute approximate surface area is 208 Å². The van der Waals surface area contributed by atoms with Gasteiger partial charge in [0.1, 0.15) is 5.65 Å². The third-order valence-electron chi connectivity index (χ3n) is 8.36. The number of likely N-dealkylation sites (tertiary alicyclic amines) is 1. The van der Waals surface area contributed by atoms with Crippen LogP contribution in [0.25, 0.3) is 11.0 Å². The predicted octanol–water partition coefficient (Wildman–Crippen LogP) is 3.97. The monoisotopic (exact) mass is 482 g/mol. The van der Waals surface area contributed by atoms with Crippen molar-refractivity contribution < 1.29 is 9.90 Å². The number of aliphatic hydroxyl groups excluding tert-OH is 1. The van der Waals surface area contributed by atoms with Crippen molar-refractivity contribution >= 4 is 22.9 Å². The smallest absolute Gasteiger partial charge is 0.239 e. The second kappa shape index (κ2) is 10.8. The van der Waals surface area contributed by atoms with Crippen molar-refractivity contribution in [1.29, 1.82) is 0 Å². The van der Waals surface area contributed by atoms with Gasteiger partial charge in [0.05, 0.1) is 12.1 Å². The van der Waals surface area contributed by atoms with Gasteiger partial charge in [-0.2, -0.15) is 4.98 Å². The number of rotatable bonds is 7. The zero-order valence-corrected chi connectivity index (χ0v) is 21.4. The van der Waals surface area contributed by atoms with Crippen LogP contribution in [0.15, 0.2) is 12.4 Å². The number of anilines is 1. The molecule has 1 amide bonds. The van der Waals surface area contributed by atoms with Gasteiger partial charge in [-0.25, -0.2) is 4.98 Å². The van der Waals surface area contributed by atoms with Crippen molar-refractivity contribution in [3.05, 3.63) is 18.0 Å². The molecular weight excluding hydrogens is 440 g/mol. The lowest BCUT2D eigenvalue weighted by Gasteiger charge is -2.33. The van der Waals surface area contributed by atoms with Gasteiger partial charge in [0.15, 0.2) is 0 Å². The highest BCUT2D eigenvalue weighted by molar-refractivity contribution is 5.83. The summed E-state index contributed by atoms with van der Waals surface area (Å²) in [6.45, 7) is 6.97. The molecule has 3 fully saturated rings. The summed E-state index contributed by atoms with van der Waals surface area (Å²) in [5.41, 5.74) is 2.33. The molecule has 1 saturated carbocycles. The molecule has 0 radical (unpaired) electrons. The van der Waals surface area contributed by atoms with E-state index in [4.69, 9.17) is 9.97 Å². The molecule has 3 aliphatic rings. The average molecular weight is 483 g/mol. The lowest BCUT2D eigenvalue weighted by molar-refractivity contribution is -0.134. The summed E-state index contributed by atoms with van der Waals surface area (Å²) in [6, 6.07) is 0.714. The first kappa shape index (κ1) is 24.5. The predicted molar refractivity (Wildman–Crippen MR) is 139 cm³/mol. The zero-order chi connectivity index (χ0) is 24.4. The van der Waals surface area contributed by atoms with E-state index < -0.39 is 0 Å². The second-order valence-corrected chi connectivity index (χ2v) is 11.0. The van der Waals surface area contributed by atoms with E-state index in [1.54, 1.807) is 0 Å². The minimum atomic E-state index is -0.175. The van der Waals surface area contributed by atoms with Gasteiger partial charge in [-0.1, -0.05) is 13.3 Å². The van der Waals surface area contributed by atoms with E-state index in [0.717, 1.165) is 94.9 Å². The van der Waals surface area contributed by atoms with Gasteiger partial charge in [0.2, 0.25) is 11.9 Å². The molecule has 2 saturated heterocycles. The normalized spacial score (nSPS) is 26.8. The third kappa shape index (κ3) is 5.33. The fourth-order valence-corrected chi connectivity index (χ4v) is 6.32. The maximum absolute atomic E-state index is 12.9. The summed E-state index contributed by atoms with van der Waals surface area (Å²) in [4.78, 5) is 24.7. The number of nitrogens with one attached hydrogen (secondary N) is 2. The summed E-state index contributed by atoms with van der Waals surface area (Å²) >= 11 is 0. The van der Waals surface area contributed by atoms with Crippen LogP contribution < -0.4 is 10.6 Å². The quantitative estimate of drug-likeness (QED) is 0.553. The number of aliphatic hydroxyl groups is 1. The maximum atomic E-state index is 12.9. The third-order valence-corrected chi connectivity index (χ3v) is 8.36. The minimum Gasteiger partial charge on any atom is -0.393 e. The lowest BCUT2D eigenvalue weighted by atomic mass is 9.89. The minimum absolute atomic E-state index is 0.0181. The molecule has 1 unspecified atom stereocenters. The number of nitrogens with zero attached hydrogens (tertiary/aromatic N) is 4. The second-order valence-electron chi connectivity index (χ2n) is 11.0. The maximum Gasteiger partial charge on any atom is 0.239 e. The molecule has 0 spiro atoms. The van der Waals surface area contributed by atoms with Crippen molar-refractivity contribution in [3.8, 4) is 0 Å². The Kier molecular flexibility index (Phi) is 7.58. The number of amides is 1. The van der Waals surface area contributed by atoms with Gasteiger partial charge in [-0.3, -0.25) is 4.79 Å². The van der Waals surface area contributed by atoms with Crippen LogP contribution in [0.5, 0.6) is 0 Å². The fourth-order valence-electron chi connectivity index (χ4n) is 6.32. The van der Waals surface area contributed by atoms with Crippen LogP contribution in [-0.2, 0) is 4.79 Å². The Morgan fingerprint density at radius 1 is 1.20 bits per heavy atom. The summed E-state index contributed by atoms with van der Waals surface area (Å²) < 4.78 is 2.37. The van der Waals surface area contributed by atoms with Crippen LogP contribution >= 0.6 is 0 Å².